The summed E-state index contributed by atoms with van der Waals surface area (Å²) in [6.45, 7) is 1.39. The molecule has 2 rings (SSSR count). The Morgan fingerprint density at radius 1 is 1.31 bits per heavy atom. The highest BCUT2D eigenvalue weighted by atomic mass is 16.3. The minimum Gasteiger partial charge on any atom is -0.508 e. The van der Waals surface area contributed by atoms with Crippen molar-refractivity contribution in [1.82, 2.24) is 5.32 Å². The average molecular weight is 179 g/mol. The fourth-order valence-corrected chi connectivity index (χ4v) is 1.67. The second kappa shape index (κ2) is 3.36. The van der Waals surface area contributed by atoms with Crippen molar-refractivity contribution in [2.45, 2.75) is 19.1 Å². The zero-order chi connectivity index (χ0) is 9.26. The number of phenolic OH excluding ortho intramolecular Hbond substituents is 1. The molecular weight excluding hydrogens is 166 g/mol. The largest absolute Gasteiger partial charge is 0.508 e. The Morgan fingerprint density at radius 3 is 3.00 bits per heavy atom. The topological polar surface area (TPSA) is 52.5 Å². The minimum absolute atomic E-state index is 0.271. The normalized spacial score (nSPS) is 22.1. The van der Waals surface area contributed by atoms with E-state index in [4.69, 9.17) is 0 Å². The van der Waals surface area contributed by atoms with Crippen molar-refractivity contribution >= 4 is 0 Å². The molecule has 0 saturated carbocycles. The van der Waals surface area contributed by atoms with E-state index < -0.39 is 0 Å². The molecule has 3 heteroatoms. The third kappa shape index (κ3) is 1.82. The summed E-state index contributed by atoms with van der Waals surface area (Å²) in [5.41, 5.74) is 2.20. The number of hydrogen-bond acceptors (Lipinski definition) is 3. The Balaban J connectivity index is 2.35. The second-order valence-electron chi connectivity index (χ2n) is 3.44. The lowest BCUT2D eigenvalue weighted by Gasteiger charge is -2.07. The number of aliphatic hydroxyl groups excluding tert-OH is 1. The van der Waals surface area contributed by atoms with Crippen molar-refractivity contribution in [1.29, 1.82) is 0 Å². The first-order valence-corrected chi connectivity index (χ1v) is 4.45. The van der Waals surface area contributed by atoms with Gasteiger partial charge >= 0.3 is 0 Å². The van der Waals surface area contributed by atoms with E-state index in [2.05, 4.69) is 5.32 Å². The molecule has 1 atom stereocenters. The van der Waals surface area contributed by atoms with Crippen LogP contribution in [0.4, 0.5) is 0 Å². The molecule has 1 heterocycles. The third-order valence-electron chi connectivity index (χ3n) is 2.34. The molecule has 0 fully saturated rings. The fourth-order valence-electron chi connectivity index (χ4n) is 1.67. The molecule has 0 aromatic heterocycles. The van der Waals surface area contributed by atoms with E-state index in [1.807, 2.05) is 6.07 Å². The van der Waals surface area contributed by atoms with Gasteiger partial charge in [-0.3, -0.25) is 0 Å². The first-order chi connectivity index (χ1) is 6.25. The van der Waals surface area contributed by atoms with Gasteiger partial charge in [-0.05, 0) is 23.3 Å². The Bertz CT molecular complexity index is 312. The summed E-state index contributed by atoms with van der Waals surface area (Å²) < 4.78 is 0. The second-order valence-corrected chi connectivity index (χ2v) is 3.44. The standard InChI is InChI=1S/C10H13NO2/c12-9-2-1-7-5-11-6-10(13)4-8(7)3-9/h1-3,10-13H,4-6H2. The van der Waals surface area contributed by atoms with Gasteiger partial charge < -0.3 is 15.5 Å². The first kappa shape index (κ1) is 8.53. The van der Waals surface area contributed by atoms with Gasteiger partial charge in [-0.15, -0.1) is 0 Å². The Kier molecular flexibility index (Phi) is 2.20. The maximum absolute atomic E-state index is 9.48. The summed E-state index contributed by atoms with van der Waals surface area (Å²) in [5, 5.41) is 21.9. The van der Waals surface area contributed by atoms with Crippen LogP contribution in [0.15, 0.2) is 18.2 Å². The van der Waals surface area contributed by atoms with Gasteiger partial charge in [-0.2, -0.15) is 0 Å². The van der Waals surface area contributed by atoms with E-state index in [1.54, 1.807) is 12.1 Å². The van der Waals surface area contributed by atoms with E-state index in [-0.39, 0.29) is 11.9 Å². The predicted molar refractivity (Wildman–Crippen MR) is 49.5 cm³/mol. The molecule has 0 saturated heterocycles. The van der Waals surface area contributed by atoms with Gasteiger partial charge in [0.1, 0.15) is 5.75 Å². The molecule has 1 aliphatic heterocycles. The number of hydrogen-bond donors (Lipinski definition) is 3. The SMILES string of the molecule is Oc1ccc2c(c1)CC(O)CNC2. The Morgan fingerprint density at radius 2 is 2.15 bits per heavy atom. The molecule has 0 bridgehead atoms. The van der Waals surface area contributed by atoms with Crippen LogP contribution in [0, 0.1) is 0 Å². The summed E-state index contributed by atoms with van der Waals surface area (Å²) in [5.74, 6) is 0.271. The van der Waals surface area contributed by atoms with Crippen LogP contribution < -0.4 is 5.32 Å². The predicted octanol–water partition coefficient (Wildman–Crippen LogP) is 0.399. The molecule has 3 nitrogen and oxygen atoms in total. The number of β-amino-alcohol motifs (C(OH)–C–C–N with tert-alkyl or cyclic N) is 1. The van der Waals surface area contributed by atoms with Gasteiger partial charge in [0.25, 0.3) is 0 Å². The lowest BCUT2D eigenvalue weighted by Crippen LogP contribution is -2.24. The maximum atomic E-state index is 9.48. The quantitative estimate of drug-likeness (QED) is 0.540. The number of phenols is 1. The van der Waals surface area contributed by atoms with Crippen molar-refractivity contribution in [3.8, 4) is 5.75 Å². The summed E-state index contributed by atoms with van der Waals surface area (Å²) in [4.78, 5) is 0. The summed E-state index contributed by atoms with van der Waals surface area (Å²) in [6.07, 6.45) is 0.277. The van der Waals surface area contributed by atoms with Crippen LogP contribution in [0.5, 0.6) is 5.75 Å². The monoisotopic (exact) mass is 179 g/mol. The maximum Gasteiger partial charge on any atom is 0.115 e. The zero-order valence-corrected chi connectivity index (χ0v) is 7.33. The molecule has 1 unspecified atom stereocenters. The summed E-state index contributed by atoms with van der Waals surface area (Å²) in [6, 6.07) is 5.31. The third-order valence-corrected chi connectivity index (χ3v) is 2.34. The van der Waals surface area contributed by atoms with E-state index in [0.29, 0.717) is 13.0 Å². The molecule has 1 aliphatic rings. The molecule has 0 radical (unpaired) electrons. The highest BCUT2D eigenvalue weighted by Crippen LogP contribution is 2.19. The van der Waals surface area contributed by atoms with Crippen LogP contribution in [-0.2, 0) is 13.0 Å². The molecule has 70 valence electrons. The molecule has 0 amide bonds. The van der Waals surface area contributed by atoms with Crippen molar-refractivity contribution in [2.24, 2.45) is 0 Å². The van der Waals surface area contributed by atoms with E-state index in [0.717, 1.165) is 17.7 Å². The highest BCUT2D eigenvalue weighted by Gasteiger charge is 2.13. The Labute approximate surface area is 77.0 Å². The fraction of sp³-hybridized carbons (Fsp3) is 0.400. The van der Waals surface area contributed by atoms with Crippen LogP contribution in [0.1, 0.15) is 11.1 Å². The van der Waals surface area contributed by atoms with Gasteiger partial charge in [-0.25, -0.2) is 0 Å². The van der Waals surface area contributed by atoms with Gasteiger partial charge in [0.2, 0.25) is 0 Å². The number of nitrogens with one attached hydrogen (secondary N) is 1. The van der Waals surface area contributed by atoms with Crippen LogP contribution in [0.2, 0.25) is 0 Å². The van der Waals surface area contributed by atoms with E-state index >= 15 is 0 Å². The molecule has 3 N–H and O–H groups in total. The summed E-state index contributed by atoms with van der Waals surface area (Å²) in [7, 11) is 0. The van der Waals surface area contributed by atoms with Gasteiger partial charge in [0.15, 0.2) is 0 Å². The van der Waals surface area contributed by atoms with Crippen LogP contribution in [-0.4, -0.2) is 22.9 Å². The van der Waals surface area contributed by atoms with Crippen LogP contribution >= 0.6 is 0 Å². The summed E-state index contributed by atoms with van der Waals surface area (Å²) >= 11 is 0. The number of aromatic hydroxyl groups is 1. The number of aliphatic hydroxyl groups is 1. The lowest BCUT2D eigenvalue weighted by molar-refractivity contribution is 0.175. The van der Waals surface area contributed by atoms with Crippen LogP contribution in [0.3, 0.4) is 0 Å². The number of rotatable bonds is 0. The molecular formula is C10H13NO2. The molecule has 0 aliphatic carbocycles. The molecule has 1 aromatic carbocycles. The smallest absolute Gasteiger partial charge is 0.115 e. The average Bonchev–Trinajstić information content (AvgIpc) is 2.25. The van der Waals surface area contributed by atoms with E-state index in [1.165, 1.54) is 0 Å². The van der Waals surface area contributed by atoms with Gasteiger partial charge in [0.05, 0.1) is 6.10 Å². The molecule has 13 heavy (non-hydrogen) atoms. The Hall–Kier alpha value is -1.06. The zero-order valence-electron chi connectivity index (χ0n) is 7.33. The van der Waals surface area contributed by atoms with E-state index in [9.17, 15) is 10.2 Å². The molecule has 0 spiro atoms. The first-order valence-electron chi connectivity index (χ1n) is 4.45. The minimum atomic E-state index is -0.344. The number of benzene rings is 1. The highest BCUT2D eigenvalue weighted by molar-refractivity contribution is 5.35. The van der Waals surface area contributed by atoms with Gasteiger partial charge in [-0.1, -0.05) is 6.07 Å². The van der Waals surface area contributed by atoms with Crippen molar-refractivity contribution in [3.63, 3.8) is 0 Å². The van der Waals surface area contributed by atoms with Crippen LogP contribution in [0.25, 0.3) is 0 Å². The van der Waals surface area contributed by atoms with Crippen molar-refractivity contribution in [2.75, 3.05) is 6.54 Å². The van der Waals surface area contributed by atoms with Crippen molar-refractivity contribution < 1.29 is 10.2 Å². The lowest BCUT2D eigenvalue weighted by atomic mass is 10.0. The van der Waals surface area contributed by atoms with Crippen molar-refractivity contribution in [3.05, 3.63) is 29.3 Å². The number of fused-ring (bicyclic) bond motifs is 1. The van der Waals surface area contributed by atoms with Gasteiger partial charge in [0, 0.05) is 19.5 Å². The molecule has 1 aromatic rings.